The molecule has 0 saturated carbocycles. The van der Waals surface area contributed by atoms with Crippen molar-refractivity contribution < 1.29 is 0 Å². The molecule has 3 aromatic rings. The molecule has 0 amide bonds. The SMILES string of the molecule is C[C@H](Nc1nc(N)nc(N)c1C#N)c1nc2cccc(Cl)c2c(=O)n1C1CCNCC1. The van der Waals surface area contributed by atoms with E-state index in [2.05, 4.69) is 20.6 Å². The highest BCUT2D eigenvalue weighted by Gasteiger charge is 2.26. The van der Waals surface area contributed by atoms with E-state index in [1.54, 1.807) is 22.8 Å². The third kappa shape index (κ3) is 3.85. The number of hydrogen-bond acceptors (Lipinski definition) is 9. The molecule has 1 atom stereocenters. The second-order valence-corrected chi connectivity index (χ2v) is 7.84. The minimum absolute atomic E-state index is 0.0151. The largest absolute Gasteiger partial charge is 0.382 e. The van der Waals surface area contributed by atoms with E-state index in [4.69, 9.17) is 28.1 Å². The van der Waals surface area contributed by atoms with Crippen molar-refractivity contribution in [3.63, 3.8) is 0 Å². The zero-order valence-corrected chi connectivity index (χ0v) is 17.6. The first kappa shape index (κ1) is 20.8. The Morgan fingerprint density at radius 2 is 2.03 bits per heavy atom. The van der Waals surface area contributed by atoms with Gasteiger partial charge >= 0.3 is 0 Å². The summed E-state index contributed by atoms with van der Waals surface area (Å²) in [6.45, 7) is 3.44. The van der Waals surface area contributed by atoms with Gasteiger partial charge in [-0.2, -0.15) is 15.2 Å². The third-order valence-corrected chi connectivity index (χ3v) is 5.70. The Kier molecular flexibility index (Phi) is 5.63. The van der Waals surface area contributed by atoms with E-state index >= 15 is 0 Å². The van der Waals surface area contributed by atoms with Crippen molar-refractivity contribution in [2.24, 2.45) is 0 Å². The van der Waals surface area contributed by atoms with Gasteiger partial charge in [0.25, 0.3) is 5.56 Å². The number of nitrogens with zero attached hydrogens (tertiary/aromatic N) is 5. The smallest absolute Gasteiger partial charge is 0.263 e. The van der Waals surface area contributed by atoms with E-state index in [9.17, 15) is 10.1 Å². The zero-order valence-electron chi connectivity index (χ0n) is 16.9. The van der Waals surface area contributed by atoms with Gasteiger partial charge in [-0.1, -0.05) is 17.7 Å². The number of nitrogen functional groups attached to an aromatic ring is 2. The van der Waals surface area contributed by atoms with Gasteiger partial charge in [-0.15, -0.1) is 0 Å². The van der Waals surface area contributed by atoms with Gasteiger partial charge in [-0.05, 0) is 45.0 Å². The van der Waals surface area contributed by atoms with Crippen molar-refractivity contribution in [3.8, 4) is 6.07 Å². The molecule has 2 aromatic heterocycles. The minimum Gasteiger partial charge on any atom is -0.382 e. The summed E-state index contributed by atoms with van der Waals surface area (Å²) in [5.74, 6) is 0.641. The fourth-order valence-electron chi connectivity index (χ4n) is 3.92. The Labute approximate surface area is 183 Å². The third-order valence-electron chi connectivity index (χ3n) is 5.39. The summed E-state index contributed by atoms with van der Waals surface area (Å²) in [6, 6.07) is 6.68. The van der Waals surface area contributed by atoms with Crippen molar-refractivity contribution in [2.75, 3.05) is 29.9 Å². The predicted molar refractivity (Wildman–Crippen MR) is 120 cm³/mol. The van der Waals surface area contributed by atoms with E-state index < -0.39 is 6.04 Å². The molecule has 1 saturated heterocycles. The lowest BCUT2D eigenvalue weighted by Gasteiger charge is -2.29. The van der Waals surface area contributed by atoms with Crippen LogP contribution in [0.25, 0.3) is 10.9 Å². The average Bonchev–Trinajstić information content (AvgIpc) is 2.74. The van der Waals surface area contributed by atoms with Gasteiger partial charge in [0, 0.05) is 6.04 Å². The van der Waals surface area contributed by atoms with Crippen LogP contribution in [0, 0.1) is 11.3 Å². The molecule has 160 valence electrons. The van der Waals surface area contributed by atoms with Crippen LogP contribution in [0.5, 0.6) is 0 Å². The summed E-state index contributed by atoms with van der Waals surface area (Å²) >= 11 is 6.35. The van der Waals surface area contributed by atoms with Crippen molar-refractivity contribution >= 4 is 40.1 Å². The summed E-state index contributed by atoms with van der Waals surface area (Å²) < 4.78 is 1.71. The Balaban J connectivity index is 1.87. The Hall–Kier alpha value is -3.42. The maximum Gasteiger partial charge on any atom is 0.263 e. The summed E-state index contributed by atoms with van der Waals surface area (Å²) in [4.78, 5) is 26.3. The first-order valence-electron chi connectivity index (χ1n) is 9.91. The molecule has 6 N–H and O–H groups in total. The number of anilines is 3. The molecule has 3 heterocycles. The molecule has 0 aliphatic carbocycles. The first-order valence-corrected chi connectivity index (χ1v) is 10.3. The lowest BCUT2D eigenvalue weighted by molar-refractivity contribution is 0.347. The van der Waals surface area contributed by atoms with Crippen molar-refractivity contribution in [3.05, 3.63) is 45.0 Å². The number of piperidine rings is 1. The van der Waals surface area contributed by atoms with E-state index in [-0.39, 0.29) is 34.7 Å². The van der Waals surface area contributed by atoms with Crippen LogP contribution in [0.1, 0.15) is 43.2 Å². The van der Waals surface area contributed by atoms with Gasteiger partial charge in [-0.25, -0.2) is 4.98 Å². The number of hydrogen-bond donors (Lipinski definition) is 4. The fraction of sp³-hybridized carbons (Fsp3) is 0.350. The molecule has 0 unspecified atom stereocenters. The number of aromatic nitrogens is 4. The Bertz CT molecular complexity index is 1240. The molecular formula is C20H22ClN9O. The summed E-state index contributed by atoms with van der Waals surface area (Å²) in [7, 11) is 0. The number of nitriles is 1. The normalized spacial score (nSPS) is 15.5. The fourth-order valence-corrected chi connectivity index (χ4v) is 4.17. The van der Waals surface area contributed by atoms with Crippen molar-refractivity contribution in [2.45, 2.75) is 31.8 Å². The van der Waals surface area contributed by atoms with Crippen LogP contribution in [0.3, 0.4) is 0 Å². The molecule has 0 bridgehead atoms. The number of rotatable bonds is 4. The standard InChI is InChI=1S/C20H22ClN9O/c1-10(26-17-12(9-22)16(23)28-20(24)29-17)18-27-14-4-2-3-13(21)15(14)19(31)30(18)11-5-7-25-8-6-11/h2-4,10-11,25H,5-8H2,1H3,(H5,23,24,26,28,29)/t10-/m0/s1. The maximum absolute atomic E-state index is 13.5. The molecular weight excluding hydrogens is 418 g/mol. The van der Waals surface area contributed by atoms with E-state index in [1.165, 1.54) is 0 Å². The first-order chi connectivity index (χ1) is 14.9. The van der Waals surface area contributed by atoms with Crippen LogP contribution in [0.15, 0.2) is 23.0 Å². The van der Waals surface area contributed by atoms with Crippen LogP contribution < -0.4 is 27.7 Å². The molecule has 0 radical (unpaired) electrons. The van der Waals surface area contributed by atoms with Crippen molar-refractivity contribution in [1.29, 1.82) is 5.26 Å². The Morgan fingerprint density at radius 1 is 1.29 bits per heavy atom. The number of nitrogens with one attached hydrogen (secondary N) is 2. The van der Waals surface area contributed by atoms with Crippen molar-refractivity contribution in [1.82, 2.24) is 24.8 Å². The summed E-state index contributed by atoms with van der Waals surface area (Å²) in [5.41, 5.74) is 11.9. The zero-order chi connectivity index (χ0) is 22.1. The molecule has 10 nitrogen and oxygen atoms in total. The van der Waals surface area contributed by atoms with E-state index in [0.29, 0.717) is 21.7 Å². The monoisotopic (exact) mass is 439 g/mol. The van der Waals surface area contributed by atoms with Gasteiger partial charge in [-0.3, -0.25) is 9.36 Å². The molecule has 4 rings (SSSR count). The van der Waals surface area contributed by atoms with E-state index in [1.807, 2.05) is 13.0 Å². The number of fused-ring (bicyclic) bond motifs is 1. The van der Waals surface area contributed by atoms with Crippen LogP contribution in [-0.4, -0.2) is 32.6 Å². The quantitative estimate of drug-likeness (QED) is 0.476. The van der Waals surface area contributed by atoms with Gasteiger partial charge in [0.1, 0.15) is 23.3 Å². The molecule has 31 heavy (non-hydrogen) atoms. The summed E-state index contributed by atoms with van der Waals surface area (Å²) in [6.07, 6.45) is 1.57. The van der Waals surface area contributed by atoms with Crippen LogP contribution in [0.4, 0.5) is 17.6 Å². The molecule has 11 heteroatoms. The molecule has 1 aliphatic rings. The highest BCUT2D eigenvalue weighted by Crippen LogP contribution is 2.28. The Morgan fingerprint density at radius 3 is 2.74 bits per heavy atom. The van der Waals surface area contributed by atoms with E-state index in [0.717, 1.165) is 25.9 Å². The van der Waals surface area contributed by atoms with Gasteiger partial charge in [0.15, 0.2) is 5.82 Å². The second kappa shape index (κ2) is 8.37. The molecule has 1 aliphatic heterocycles. The van der Waals surface area contributed by atoms with Crippen LogP contribution >= 0.6 is 11.6 Å². The van der Waals surface area contributed by atoms with Crippen LogP contribution in [0.2, 0.25) is 5.02 Å². The molecule has 1 fully saturated rings. The highest BCUT2D eigenvalue weighted by molar-refractivity contribution is 6.35. The second-order valence-electron chi connectivity index (χ2n) is 7.43. The molecule has 1 aromatic carbocycles. The number of benzene rings is 1. The minimum atomic E-state index is -0.480. The van der Waals surface area contributed by atoms with Gasteiger partial charge in [0.2, 0.25) is 5.95 Å². The lowest BCUT2D eigenvalue weighted by Crippen LogP contribution is -2.37. The van der Waals surface area contributed by atoms with Gasteiger partial charge in [0.05, 0.1) is 22.0 Å². The van der Waals surface area contributed by atoms with Crippen LogP contribution in [-0.2, 0) is 0 Å². The lowest BCUT2D eigenvalue weighted by atomic mass is 10.0. The maximum atomic E-state index is 13.5. The highest BCUT2D eigenvalue weighted by atomic mass is 35.5. The number of nitrogens with two attached hydrogens (primary N) is 2. The summed E-state index contributed by atoms with van der Waals surface area (Å²) in [5, 5.41) is 16.7. The topological polar surface area (TPSA) is 161 Å². The number of halogens is 1. The van der Waals surface area contributed by atoms with Gasteiger partial charge < -0.3 is 22.1 Å². The molecule has 0 spiro atoms. The average molecular weight is 440 g/mol. The predicted octanol–water partition coefficient (Wildman–Crippen LogP) is 1.97.